The quantitative estimate of drug-likeness (QED) is 0.487. The van der Waals surface area contributed by atoms with Crippen LogP contribution in [0.2, 0.25) is 5.02 Å². The molecular weight excluding hydrogens is 527 g/mol. The molecule has 2 unspecified atom stereocenters. The number of nitrogens with one attached hydrogen (secondary N) is 1. The largest absolute Gasteiger partial charge is 0.417 e. The summed E-state index contributed by atoms with van der Waals surface area (Å²) in [4.78, 5) is 19.6. The smallest absolute Gasteiger partial charge is 0.382 e. The second-order valence-corrected chi connectivity index (χ2v) is 11.4. The minimum Gasteiger partial charge on any atom is -0.382 e. The fraction of sp³-hybridized carbons (Fsp3) is 0.517. The van der Waals surface area contributed by atoms with Crippen molar-refractivity contribution < 1.29 is 18.0 Å². The van der Waals surface area contributed by atoms with Crippen molar-refractivity contribution in [2.75, 3.05) is 56.0 Å². The normalized spacial score (nSPS) is 22.1. The van der Waals surface area contributed by atoms with E-state index in [1.165, 1.54) is 17.8 Å². The molecular formula is C29H33ClF3N5O. The summed E-state index contributed by atoms with van der Waals surface area (Å²) >= 11 is 6.02. The van der Waals surface area contributed by atoms with E-state index in [4.69, 9.17) is 16.9 Å². The van der Waals surface area contributed by atoms with Crippen molar-refractivity contribution in [3.8, 4) is 6.07 Å². The molecule has 0 saturated carbocycles. The molecule has 0 aromatic heterocycles. The van der Waals surface area contributed by atoms with Gasteiger partial charge in [0.25, 0.3) is 0 Å². The summed E-state index contributed by atoms with van der Waals surface area (Å²) in [7, 11) is 0. The minimum absolute atomic E-state index is 0.0143. The van der Waals surface area contributed by atoms with E-state index in [9.17, 15) is 18.0 Å². The van der Waals surface area contributed by atoms with Gasteiger partial charge in [-0.15, -0.1) is 0 Å². The van der Waals surface area contributed by atoms with Crippen molar-refractivity contribution >= 4 is 28.9 Å². The number of anilines is 2. The van der Waals surface area contributed by atoms with Crippen LogP contribution in [0.5, 0.6) is 0 Å². The van der Waals surface area contributed by atoms with E-state index < -0.39 is 11.7 Å². The number of nitrogens with zero attached hydrogens (tertiary/aromatic N) is 4. The molecule has 3 heterocycles. The Balaban J connectivity index is 1.01. The number of benzene rings is 2. The molecule has 0 bridgehead atoms. The van der Waals surface area contributed by atoms with Crippen LogP contribution in [-0.2, 0) is 11.0 Å². The predicted octanol–water partition coefficient (Wildman–Crippen LogP) is 5.48. The maximum atomic E-state index is 13.3. The van der Waals surface area contributed by atoms with Crippen LogP contribution < -0.4 is 10.2 Å². The van der Waals surface area contributed by atoms with Crippen molar-refractivity contribution in [2.24, 2.45) is 11.8 Å². The molecule has 3 saturated heterocycles. The standard InChI is InChI=1S/C29H33ClF3N5O/c30-23-4-7-26(8-5-23)38-18-21-16-36(17-22(21)19-38)11-1-2-28(39)37-12-9-24(10-13-37)35-25-6-3-20(15-34)27(14-25)29(31,32)33/h3-8,14,21-22,24,35H,1-2,9-13,16-19H2. The van der Waals surface area contributed by atoms with Crippen LogP contribution in [0.3, 0.4) is 0 Å². The highest BCUT2D eigenvalue weighted by atomic mass is 35.5. The zero-order valence-electron chi connectivity index (χ0n) is 21.8. The lowest BCUT2D eigenvalue weighted by atomic mass is 10.0. The van der Waals surface area contributed by atoms with E-state index in [0.29, 0.717) is 49.9 Å². The van der Waals surface area contributed by atoms with Gasteiger partial charge in [0.05, 0.1) is 17.2 Å². The average molecular weight is 560 g/mol. The number of carbonyl (C=O) groups excluding carboxylic acids is 1. The number of likely N-dealkylation sites (tertiary alicyclic amines) is 2. The number of nitriles is 1. The Bertz CT molecular complexity index is 1190. The van der Waals surface area contributed by atoms with Gasteiger partial charge in [0.15, 0.2) is 0 Å². The summed E-state index contributed by atoms with van der Waals surface area (Å²) in [6.07, 6.45) is -1.88. The molecule has 2 aromatic rings. The Hall–Kier alpha value is -2.96. The number of fused-ring (bicyclic) bond motifs is 1. The topological polar surface area (TPSA) is 62.6 Å². The van der Waals surface area contributed by atoms with E-state index in [0.717, 1.165) is 50.2 Å². The fourth-order valence-corrected chi connectivity index (χ4v) is 6.35. The summed E-state index contributed by atoms with van der Waals surface area (Å²) in [5.41, 5.74) is 0.263. The van der Waals surface area contributed by atoms with E-state index in [1.54, 1.807) is 6.07 Å². The van der Waals surface area contributed by atoms with E-state index in [2.05, 4.69) is 27.2 Å². The van der Waals surface area contributed by atoms with Crippen LogP contribution >= 0.6 is 11.6 Å². The van der Waals surface area contributed by atoms with Crippen LogP contribution in [0.1, 0.15) is 36.8 Å². The van der Waals surface area contributed by atoms with Gasteiger partial charge in [0.2, 0.25) is 5.91 Å². The van der Waals surface area contributed by atoms with Crippen molar-refractivity contribution in [3.63, 3.8) is 0 Å². The SMILES string of the molecule is N#Cc1ccc(NC2CCN(C(=O)CCCN3CC4CN(c5ccc(Cl)cc5)CC4C3)CC2)cc1C(F)(F)F. The maximum Gasteiger partial charge on any atom is 0.417 e. The van der Waals surface area contributed by atoms with Gasteiger partial charge in [0, 0.05) is 68.1 Å². The molecule has 5 rings (SSSR count). The highest BCUT2D eigenvalue weighted by molar-refractivity contribution is 6.30. The van der Waals surface area contributed by atoms with Gasteiger partial charge in [-0.25, -0.2) is 0 Å². The molecule has 3 aliphatic heterocycles. The molecule has 3 aliphatic rings. The van der Waals surface area contributed by atoms with Crippen molar-refractivity contribution in [2.45, 2.75) is 37.9 Å². The first-order valence-corrected chi connectivity index (χ1v) is 14.0. The molecule has 208 valence electrons. The molecule has 3 fully saturated rings. The molecule has 0 aliphatic carbocycles. The summed E-state index contributed by atoms with van der Waals surface area (Å²) in [6, 6.07) is 13.3. The molecule has 0 spiro atoms. The Labute approximate surface area is 232 Å². The summed E-state index contributed by atoms with van der Waals surface area (Å²) in [5, 5.41) is 12.9. The number of hydrogen-bond donors (Lipinski definition) is 1. The first-order valence-electron chi connectivity index (χ1n) is 13.6. The molecule has 6 nitrogen and oxygen atoms in total. The van der Waals surface area contributed by atoms with Gasteiger partial charge in [-0.3, -0.25) is 4.79 Å². The molecule has 10 heteroatoms. The summed E-state index contributed by atoms with van der Waals surface area (Å²) < 4.78 is 39.8. The first kappa shape index (κ1) is 27.6. The highest BCUT2D eigenvalue weighted by Gasteiger charge is 2.40. The van der Waals surface area contributed by atoms with Gasteiger partial charge in [-0.05, 0) is 80.1 Å². The predicted molar refractivity (Wildman–Crippen MR) is 146 cm³/mol. The van der Waals surface area contributed by atoms with E-state index in [1.807, 2.05) is 17.0 Å². The van der Waals surface area contributed by atoms with Crippen LogP contribution in [0.4, 0.5) is 24.5 Å². The molecule has 2 atom stereocenters. The van der Waals surface area contributed by atoms with Crippen LogP contribution in [0, 0.1) is 23.2 Å². The van der Waals surface area contributed by atoms with Crippen molar-refractivity contribution in [1.29, 1.82) is 5.26 Å². The molecule has 1 N–H and O–H groups in total. The highest BCUT2D eigenvalue weighted by Crippen LogP contribution is 2.35. The fourth-order valence-electron chi connectivity index (χ4n) is 6.22. The lowest BCUT2D eigenvalue weighted by Crippen LogP contribution is -2.42. The van der Waals surface area contributed by atoms with E-state index >= 15 is 0 Å². The van der Waals surface area contributed by atoms with Gasteiger partial charge in [-0.2, -0.15) is 18.4 Å². The summed E-state index contributed by atoms with van der Waals surface area (Å²) in [6.45, 7) is 6.38. The number of piperidine rings is 1. The minimum atomic E-state index is -4.58. The van der Waals surface area contributed by atoms with Gasteiger partial charge >= 0.3 is 6.18 Å². The van der Waals surface area contributed by atoms with E-state index in [-0.39, 0.29) is 17.5 Å². The number of amides is 1. The third-order valence-corrected chi connectivity index (χ3v) is 8.53. The Morgan fingerprint density at radius 1 is 1.03 bits per heavy atom. The Kier molecular flexibility index (Phi) is 8.24. The Morgan fingerprint density at radius 2 is 1.69 bits per heavy atom. The third-order valence-electron chi connectivity index (χ3n) is 8.28. The monoisotopic (exact) mass is 559 g/mol. The molecule has 0 radical (unpaired) electrons. The van der Waals surface area contributed by atoms with Gasteiger partial charge in [0.1, 0.15) is 0 Å². The van der Waals surface area contributed by atoms with Gasteiger partial charge in [-0.1, -0.05) is 11.6 Å². The number of hydrogen-bond acceptors (Lipinski definition) is 5. The first-order chi connectivity index (χ1) is 18.7. The second kappa shape index (κ2) is 11.6. The summed E-state index contributed by atoms with van der Waals surface area (Å²) in [5.74, 6) is 1.47. The maximum absolute atomic E-state index is 13.3. The number of carbonyl (C=O) groups is 1. The number of alkyl halides is 3. The van der Waals surface area contributed by atoms with Crippen molar-refractivity contribution in [3.05, 3.63) is 58.6 Å². The zero-order valence-corrected chi connectivity index (χ0v) is 22.5. The molecule has 1 amide bonds. The third kappa shape index (κ3) is 6.62. The number of halogens is 4. The Morgan fingerprint density at radius 3 is 2.31 bits per heavy atom. The van der Waals surface area contributed by atoms with Crippen LogP contribution in [0.15, 0.2) is 42.5 Å². The molecule has 2 aromatic carbocycles. The molecule has 39 heavy (non-hydrogen) atoms. The lowest BCUT2D eigenvalue weighted by Gasteiger charge is -2.33. The van der Waals surface area contributed by atoms with Crippen LogP contribution in [-0.4, -0.2) is 67.6 Å². The number of rotatable bonds is 7. The second-order valence-electron chi connectivity index (χ2n) is 10.9. The average Bonchev–Trinajstić information content (AvgIpc) is 3.48. The van der Waals surface area contributed by atoms with Gasteiger partial charge < -0.3 is 20.0 Å². The zero-order chi connectivity index (χ0) is 27.6. The lowest BCUT2D eigenvalue weighted by molar-refractivity contribution is -0.137. The van der Waals surface area contributed by atoms with Crippen LogP contribution in [0.25, 0.3) is 0 Å². The van der Waals surface area contributed by atoms with Crippen molar-refractivity contribution in [1.82, 2.24) is 9.80 Å².